The zero-order chi connectivity index (χ0) is 43.7. The van der Waals surface area contributed by atoms with Gasteiger partial charge in [0.2, 0.25) is 11.8 Å². The Labute approximate surface area is 342 Å². The fourth-order valence-corrected chi connectivity index (χ4v) is 7.54. The van der Waals surface area contributed by atoms with Gasteiger partial charge in [0.25, 0.3) is 11.8 Å². The van der Waals surface area contributed by atoms with Gasteiger partial charge in [0.05, 0.1) is 55.9 Å². The van der Waals surface area contributed by atoms with Crippen molar-refractivity contribution in [3.8, 4) is 33.6 Å². The monoisotopic (exact) mass is 842 g/mol. The molecule has 2 aliphatic heterocycles. The molecule has 60 heavy (non-hydrogen) atoms. The number of halogens is 4. The molecule has 4 heterocycles. The molecule has 0 bridgehead atoms. The number of carboxylic acid groups (broad SMARTS) is 1. The van der Waals surface area contributed by atoms with Crippen LogP contribution in [0.1, 0.15) is 50.4 Å². The minimum Gasteiger partial charge on any atom is -0.465 e. The Balaban J connectivity index is 1.16. The van der Waals surface area contributed by atoms with Gasteiger partial charge in [-0.3, -0.25) is 14.5 Å². The number of amides is 4. The van der Waals surface area contributed by atoms with E-state index in [9.17, 15) is 41.8 Å². The van der Waals surface area contributed by atoms with E-state index in [1.807, 2.05) is 36.4 Å². The number of ether oxygens (including phenoxy) is 3. The van der Waals surface area contributed by atoms with Crippen molar-refractivity contribution in [2.24, 2.45) is 0 Å². The number of likely N-dealkylation sites (N-methyl/N-ethyl adjacent to an activating group) is 1. The third kappa shape index (κ3) is 9.08. The van der Waals surface area contributed by atoms with Crippen LogP contribution in [0.25, 0.3) is 33.6 Å². The standard InChI is InChI=1S/C40H46F4N8O8/c1-21(58-4)31(49-37(55)60-6)35(53)51-19-39(41,42)15-29(51)33-45-17-27(47-33)25-11-7-23(8-12-25)24-9-13-26(14-10-24)28-18-46-34(48-28)30-16-40(43,44)20-52(30)36(54)32(22(2)59-5)50(3)38(56)57/h7-14,17-18,21-22,29-32H,15-16,19-20H2,1-6H3,(H,45,47)(H,46,48)(H,49,55)(H,56,57)/t21-,22-,29+,30+,31+,32+/m1/s1. The number of carbonyl (C=O) groups excluding carboxylic acids is 3. The average Bonchev–Trinajstić information content (AvgIpc) is 4.04. The molecular formula is C40H46F4N8O8. The topological polar surface area (TPSA) is 195 Å². The molecule has 6 atom stereocenters. The van der Waals surface area contributed by atoms with E-state index >= 15 is 0 Å². The number of alkyl carbamates (subject to hydrolysis) is 1. The number of hydrogen-bond donors (Lipinski definition) is 4. The highest BCUT2D eigenvalue weighted by Gasteiger charge is 2.52. The van der Waals surface area contributed by atoms with Crippen LogP contribution >= 0.6 is 0 Å². The number of nitrogens with one attached hydrogen (secondary N) is 3. The maximum Gasteiger partial charge on any atom is 0.407 e. The van der Waals surface area contributed by atoms with Gasteiger partial charge in [-0.15, -0.1) is 0 Å². The molecule has 2 fully saturated rings. The lowest BCUT2D eigenvalue weighted by Gasteiger charge is -2.34. The summed E-state index contributed by atoms with van der Waals surface area (Å²) >= 11 is 0. The number of rotatable bonds is 13. The lowest BCUT2D eigenvalue weighted by atomic mass is 10.0. The minimum atomic E-state index is -3.24. The summed E-state index contributed by atoms with van der Waals surface area (Å²) in [6, 6.07) is 9.71. The molecule has 0 radical (unpaired) electrons. The third-order valence-electron chi connectivity index (χ3n) is 11.0. The molecule has 2 aromatic heterocycles. The average molecular weight is 843 g/mol. The van der Waals surface area contributed by atoms with Crippen molar-refractivity contribution in [3.05, 3.63) is 72.6 Å². The predicted octanol–water partition coefficient (Wildman–Crippen LogP) is 5.72. The molecule has 6 rings (SSSR count). The third-order valence-corrected chi connectivity index (χ3v) is 11.0. The lowest BCUT2D eigenvalue weighted by Crippen LogP contribution is -2.54. The van der Waals surface area contributed by atoms with Crippen molar-refractivity contribution < 1.29 is 56.1 Å². The normalized spacial score (nSPS) is 20.3. The highest BCUT2D eigenvalue weighted by atomic mass is 19.3. The van der Waals surface area contributed by atoms with E-state index in [1.54, 1.807) is 24.5 Å². The smallest absolute Gasteiger partial charge is 0.407 e. The molecule has 2 aromatic carbocycles. The molecule has 16 nitrogen and oxygen atoms in total. The predicted molar refractivity (Wildman–Crippen MR) is 207 cm³/mol. The Morgan fingerprint density at radius 3 is 1.57 bits per heavy atom. The van der Waals surface area contributed by atoms with E-state index in [4.69, 9.17) is 9.47 Å². The Bertz CT molecular complexity index is 2180. The summed E-state index contributed by atoms with van der Waals surface area (Å²) in [5.74, 6) is -7.77. The molecule has 4 aromatic rings. The Hall–Kier alpha value is -6.02. The number of carbonyl (C=O) groups is 4. The quantitative estimate of drug-likeness (QED) is 0.121. The van der Waals surface area contributed by atoms with Gasteiger partial charge in [0, 0.05) is 57.6 Å². The summed E-state index contributed by atoms with van der Waals surface area (Å²) in [6.07, 6.45) is -2.36. The van der Waals surface area contributed by atoms with Crippen molar-refractivity contribution in [2.45, 2.75) is 74.9 Å². The van der Waals surface area contributed by atoms with Gasteiger partial charge in [-0.1, -0.05) is 48.5 Å². The Kier molecular flexibility index (Phi) is 12.6. The number of nitrogens with zero attached hydrogens (tertiary/aromatic N) is 5. The maximum absolute atomic E-state index is 14.8. The number of imidazole rings is 2. The van der Waals surface area contributed by atoms with Gasteiger partial charge < -0.3 is 44.4 Å². The second-order valence-electron chi connectivity index (χ2n) is 14.9. The summed E-state index contributed by atoms with van der Waals surface area (Å²) in [5.41, 5.74) is 3.90. The number of alkyl halides is 4. The summed E-state index contributed by atoms with van der Waals surface area (Å²) in [7, 11) is 4.93. The molecule has 0 spiro atoms. The SMILES string of the molecule is COC(=O)N[C@H](C(=O)N1CC(F)(F)C[C@H]1c1nc(-c2ccc(-c3ccc(-c4c[nH]c([C@@H]5CC(F)(F)CN5C(=O)[C@H]([C@@H](C)OC)N(C)C(=O)O)n4)cc3)cc2)c[nH]1)[C@@H](C)OC. The van der Waals surface area contributed by atoms with Gasteiger partial charge in [-0.25, -0.2) is 37.1 Å². The van der Waals surface area contributed by atoms with Crippen molar-refractivity contribution in [3.63, 3.8) is 0 Å². The zero-order valence-electron chi connectivity index (χ0n) is 33.6. The van der Waals surface area contributed by atoms with Crippen LogP contribution in [0.4, 0.5) is 27.2 Å². The fourth-order valence-electron chi connectivity index (χ4n) is 7.54. The van der Waals surface area contributed by atoms with Crippen LogP contribution in [0.3, 0.4) is 0 Å². The van der Waals surface area contributed by atoms with Crippen LogP contribution in [-0.2, 0) is 23.8 Å². The van der Waals surface area contributed by atoms with Crippen LogP contribution in [0.5, 0.6) is 0 Å². The maximum atomic E-state index is 14.8. The van der Waals surface area contributed by atoms with E-state index in [0.29, 0.717) is 22.5 Å². The summed E-state index contributed by atoms with van der Waals surface area (Å²) in [5, 5.41) is 11.9. The van der Waals surface area contributed by atoms with Crippen LogP contribution in [0.2, 0.25) is 0 Å². The summed E-state index contributed by atoms with van der Waals surface area (Å²) < 4.78 is 74.4. The van der Waals surface area contributed by atoms with Crippen LogP contribution in [0, 0.1) is 0 Å². The molecule has 2 aliphatic rings. The van der Waals surface area contributed by atoms with E-state index in [0.717, 1.165) is 32.9 Å². The van der Waals surface area contributed by atoms with Crippen molar-refractivity contribution >= 4 is 24.0 Å². The van der Waals surface area contributed by atoms with Gasteiger partial charge in [-0.2, -0.15) is 0 Å². The minimum absolute atomic E-state index is 0.125. The van der Waals surface area contributed by atoms with Crippen LogP contribution in [0.15, 0.2) is 60.9 Å². The molecule has 0 aliphatic carbocycles. The molecule has 4 N–H and O–H groups in total. The molecule has 322 valence electrons. The Morgan fingerprint density at radius 1 is 0.750 bits per heavy atom. The van der Waals surface area contributed by atoms with Crippen LogP contribution < -0.4 is 5.32 Å². The van der Waals surface area contributed by atoms with Crippen LogP contribution in [-0.4, -0.2) is 141 Å². The second kappa shape index (κ2) is 17.3. The number of H-pyrrole nitrogens is 2. The molecule has 0 unspecified atom stereocenters. The van der Waals surface area contributed by atoms with Gasteiger partial charge in [0.1, 0.15) is 23.7 Å². The second-order valence-corrected chi connectivity index (χ2v) is 14.9. The molecular weight excluding hydrogens is 796 g/mol. The number of aromatic amines is 2. The first-order valence-electron chi connectivity index (χ1n) is 18.9. The number of methoxy groups -OCH3 is 3. The number of hydrogen-bond acceptors (Lipinski definition) is 9. The first-order valence-corrected chi connectivity index (χ1v) is 18.9. The van der Waals surface area contributed by atoms with E-state index in [2.05, 4.69) is 30.0 Å². The van der Waals surface area contributed by atoms with Crippen molar-refractivity contribution in [2.75, 3.05) is 41.5 Å². The first kappa shape index (κ1) is 43.6. The fraction of sp³-hybridized carbons (Fsp3) is 0.450. The van der Waals surface area contributed by atoms with E-state index < -0.39 is 98.2 Å². The summed E-state index contributed by atoms with van der Waals surface area (Å²) in [4.78, 5) is 68.6. The van der Waals surface area contributed by atoms with Crippen molar-refractivity contribution in [1.29, 1.82) is 0 Å². The van der Waals surface area contributed by atoms with E-state index in [1.165, 1.54) is 35.1 Å². The number of aromatic nitrogens is 4. The first-order chi connectivity index (χ1) is 28.4. The largest absolute Gasteiger partial charge is 0.465 e. The Morgan fingerprint density at radius 2 is 1.17 bits per heavy atom. The van der Waals surface area contributed by atoms with Gasteiger partial charge in [0.15, 0.2) is 0 Å². The highest BCUT2D eigenvalue weighted by molar-refractivity contribution is 5.87. The van der Waals surface area contributed by atoms with Gasteiger partial charge >= 0.3 is 12.2 Å². The number of benzene rings is 2. The summed E-state index contributed by atoms with van der Waals surface area (Å²) in [6.45, 7) is 1.23. The van der Waals surface area contributed by atoms with E-state index in [-0.39, 0.29) is 11.6 Å². The lowest BCUT2D eigenvalue weighted by molar-refractivity contribution is -0.142. The molecule has 4 amide bonds. The molecule has 20 heteroatoms. The van der Waals surface area contributed by atoms with Gasteiger partial charge in [-0.05, 0) is 25.0 Å². The number of likely N-dealkylation sites (tertiary alicyclic amines) is 2. The molecule has 2 saturated heterocycles. The molecule has 0 saturated carbocycles. The zero-order valence-corrected chi connectivity index (χ0v) is 33.6. The highest BCUT2D eigenvalue weighted by Crippen LogP contribution is 2.43. The van der Waals surface area contributed by atoms with Crippen molar-refractivity contribution in [1.82, 2.24) is 40.0 Å².